The van der Waals surface area contributed by atoms with Crippen LogP contribution in [0.1, 0.15) is 0 Å². The highest BCUT2D eigenvalue weighted by Crippen LogP contribution is 2.35. The number of aliphatic hydroxyl groups excluding tert-OH is 1. The lowest BCUT2D eigenvalue weighted by atomic mass is 10.1. The summed E-state index contributed by atoms with van der Waals surface area (Å²) in [6.45, 7) is 0.471. The van der Waals surface area contributed by atoms with Crippen LogP contribution in [0.25, 0.3) is 28.2 Å². The van der Waals surface area contributed by atoms with Crippen LogP contribution >= 0.6 is 23.2 Å². The Balaban J connectivity index is 1.66. The topological polar surface area (TPSA) is 146 Å². The molecule has 2 atom stereocenters. The van der Waals surface area contributed by atoms with E-state index < -0.39 is 30.6 Å². The van der Waals surface area contributed by atoms with Crippen LogP contribution in [0, 0.1) is 0 Å². The zero-order valence-electron chi connectivity index (χ0n) is 19.9. The molecule has 2 aromatic heterocycles. The molecule has 2 unspecified atom stereocenters. The van der Waals surface area contributed by atoms with Crippen molar-refractivity contribution < 1.29 is 19.8 Å². The lowest BCUT2D eigenvalue weighted by Gasteiger charge is -2.36. The van der Waals surface area contributed by atoms with E-state index in [0.717, 1.165) is 5.69 Å². The maximum absolute atomic E-state index is 13.1. The van der Waals surface area contributed by atoms with Crippen molar-refractivity contribution in [3.63, 3.8) is 0 Å². The summed E-state index contributed by atoms with van der Waals surface area (Å²) in [5.74, 6) is -0.953. The van der Waals surface area contributed by atoms with E-state index in [0.29, 0.717) is 51.5 Å². The number of benzene rings is 2. The Morgan fingerprint density at radius 1 is 1.13 bits per heavy atom. The SMILES string of the molecule is O=C(O)C(CO)NC(=O)C1CNCCN1c1ncnc2c1nc(-c1ccccc1Cl)n2-c1ccc(Cl)cc1. The van der Waals surface area contributed by atoms with E-state index in [9.17, 15) is 19.8 Å². The molecule has 3 heterocycles. The second-order valence-corrected chi connectivity index (χ2v) is 9.44. The Hall–Kier alpha value is -3.77. The fraction of sp³-hybridized carbons (Fsp3) is 0.240. The zero-order valence-corrected chi connectivity index (χ0v) is 21.4. The molecular formula is C25H23Cl2N7O4. The van der Waals surface area contributed by atoms with Gasteiger partial charge in [-0.05, 0) is 36.4 Å². The van der Waals surface area contributed by atoms with E-state index in [-0.39, 0.29) is 6.54 Å². The molecule has 5 rings (SSSR count). The van der Waals surface area contributed by atoms with Crippen molar-refractivity contribution >= 4 is 52.1 Å². The van der Waals surface area contributed by atoms with Gasteiger partial charge in [-0.15, -0.1) is 0 Å². The maximum Gasteiger partial charge on any atom is 0.328 e. The Kier molecular flexibility index (Phi) is 7.43. The lowest BCUT2D eigenvalue weighted by Crippen LogP contribution is -2.60. The molecule has 0 aliphatic carbocycles. The third kappa shape index (κ3) is 4.88. The Morgan fingerprint density at radius 3 is 2.61 bits per heavy atom. The van der Waals surface area contributed by atoms with Crippen LogP contribution < -0.4 is 15.5 Å². The molecule has 0 radical (unpaired) electrons. The number of rotatable bonds is 7. The van der Waals surface area contributed by atoms with E-state index in [1.54, 1.807) is 23.1 Å². The molecule has 4 N–H and O–H groups in total. The van der Waals surface area contributed by atoms with Crippen molar-refractivity contribution in [3.8, 4) is 17.1 Å². The molecule has 4 aromatic rings. The van der Waals surface area contributed by atoms with Crippen molar-refractivity contribution in [1.29, 1.82) is 0 Å². The van der Waals surface area contributed by atoms with Crippen LogP contribution in [-0.2, 0) is 9.59 Å². The summed E-state index contributed by atoms with van der Waals surface area (Å²) in [7, 11) is 0. The minimum absolute atomic E-state index is 0.240. The summed E-state index contributed by atoms with van der Waals surface area (Å²) in [5.41, 5.74) is 2.35. The van der Waals surface area contributed by atoms with Crippen LogP contribution in [-0.4, -0.2) is 79.9 Å². The summed E-state index contributed by atoms with van der Waals surface area (Å²) in [6, 6.07) is 12.3. The quantitative estimate of drug-likeness (QED) is 0.269. The summed E-state index contributed by atoms with van der Waals surface area (Å²) < 4.78 is 1.85. The van der Waals surface area contributed by atoms with Crippen molar-refractivity contribution in [2.45, 2.75) is 12.1 Å². The van der Waals surface area contributed by atoms with Gasteiger partial charge in [0.1, 0.15) is 24.2 Å². The van der Waals surface area contributed by atoms with Crippen molar-refractivity contribution in [2.24, 2.45) is 0 Å². The lowest BCUT2D eigenvalue weighted by molar-refractivity contribution is -0.143. The van der Waals surface area contributed by atoms with Crippen LogP contribution in [0.5, 0.6) is 0 Å². The van der Waals surface area contributed by atoms with Gasteiger partial charge in [-0.2, -0.15) is 0 Å². The van der Waals surface area contributed by atoms with Gasteiger partial charge in [-0.25, -0.2) is 19.7 Å². The number of aliphatic hydroxyl groups is 1. The highest BCUT2D eigenvalue weighted by Gasteiger charge is 2.34. The van der Waals surface area contributed by atoms with E-state index >= 15 is 0 Å². The van der Waals surface area contributed by atoms with Gasteiger partial charge >= 0.3 is 5.97 Å². The third-order valence-corrected chi connectivity index (χ3v) is 6.82. The number of hydrogen-bond acceptors (Lipinski definition) is 8. The van der Waals surface area contributed by atoms with Gasteiger partial charge in [0, 0.05) is 35.9 Å². The largest absolute Gasteiger partial charge is 0.480 e. The number of imidazole rings is 1. The number of halogens is 2. The molecule has 0 saturated carbocycles. The molecule has 0 spiro atoms. The minimum Gasteiger partial charge on any atom is -0.480 e. The average Bonchev–Trinajstić information content (AvgIpc) is 3.31. The molecule has 1 aliphatic heterocycles. The van der Waals surface area contributed by atoms with Gasteiger partial charge < -0.3 is 25.7 Å². The number of carbonyl (C=O) groups excluding carboxylic acids is 1. The Morgan fingerprint density at radius 2 is 1.89 bits per heavy atom. The van der Waals surface area contributed by atoms with Crippen LogP contribution in [0.4, 0.5) is 5.82 Å². The highest BCUT2D eigenvalue weighted by atomic mass is 35.5. The number of amides is 1. The second kappa shape index (κ2) is 10.9. The predicted molar refractivity (Wildman–Crippen MR) is 143 cm³/mol. The van der Waals surface area contributed by atoms with Gasteiger partial charge in [0.15, 0.2) is 17.0 Å². The van der Waals surface area contributed by atoms with Crippen LogP contribution in [0.3, 0.4) is 0 Å². The van der Waals surface area contributed by atoms with Gasteiger partial charge in [0.05, 0.1) is 11.6 Å². The molecule has 38 heavy (non-hydrogen) atoms. The normalized spacial score (nSPS) is 16.4. The van der Waals surface area contributed by atoms with Gasteiger partial charge in [0.2, 0.25) is 5.91 Å². The number of nitrogens with one attached hydrogen (secondary N) is 2. The fourth-order valence-corrected chi connectivity index (χ4v) is 4.74. The number of hydrogen-bond donors (Lipinski definition) is 4. The summed E-state index contributed by atoms with van der Waals surface area (Å²) >= 11 is 12.7. The summed E-state index contributed by atoms with van der Waals surface area (Å²) in [4.78, 5) is 40.2. The standard InChI is InChI=1S/C25H23Cl2N7O4/c26-14-5-7-15(8-6-14)34-21(16-3-1-2-4-17(16)27)32-20-22(29-13-30-23(20)34)33-10-9-28-11-19(33)24(36)31-18(12-35)25(37)38/h1-8,13,18-19,28,35H,9-12H2,(H,31,36)(H,37,38). The molecular weight excluding hydrogens is 533 g/mol. The Labute approximate surface area is 227 Å². The van der Waals surface area contributed by atoms with Crippen molar-refractivity contribution in [1.82, 2.24) is 30.2 Å². The summed E-state index contributed by atoms with van der Waals surface area (Å²) in [6.07, 6.45) is 1.40. The molecule has 1 saturated heterocycles. The Bertz CT molecular complexity index is 1500. The zero-order chi connectivity index (χ0) is 26.8. The summed E-state index contributed by atoms with van der Waals surface area (Å²) in [5, 5.41) is 25.3. The first-order chi connectivity index (χ1) is 18.4. The van der Waals surface area contributed by atoms with E-state index in [2.05, 4.69) is 20.6 Å². The first-order valence-corrected chi connectivity index (χ1v) is 12.5. The monoisotopic (exact) mass is 555 g/mol. The number of piperazine rings is 1. The van der Waals surface area contributed by atoms with Crippen LogP contribution in [0.2, 0.25) is 10.0 Å². The second-order valence-electron chi connectivity index (χ2n) is 8.59. The molecule has 11 nitrogen and oxygen atoms in total. The van der Waals surface area contributed by atoms with E-state index in [1.165, 1.54) is 6.33 Å². The molecule has 0 bridgehead atoms. The van der Waals surface area contributed by atoms with Gasteiger partial charge in [0.25, 0.3) is 0 Å². The molecule has 196 valence electrons. The molecule has 1 amide bonds. The first kappa shape index (κ1) is 25.9. The van der Waals surface area contributed by atoms with Crippen molar-refractivity contribution in [3.05, 3.63) is 64.9 Å². The van der Waals surface area contributed by atoms with E-state index in [4.69, 9.17) is 28.2 Å². The predicted octanol–water partition coefficient (Wildman–Crippen LogP) is 2.13. The molecule has 1 fully saturated rings. The van der Waals surface area contributed by atoms with E-state index in [1.807, 2.05) is 34.9 Å². The maximum atomic E-state index is 13.1. The number of carboxylic acids is 1. The fourth-order valence-electron chi connectivity index (χ4n) is 4.39. The number of aromatic nitrogens is 4. The number of carboxylic acid groups (broad SMARTS) is 1. The smallest absolute Gasteiger partial charge is 0.328 e. The van der Waals surface area contributed by atoms with Crippen LogP contribution in [0.15, 0.2) is 54.9 Å². The number of nitrogens with zero attached hydrogens (tertiary/aromatic N) is 5. The average molecular weight is 556 g/mol. The van der Waals surface area contributed by atoms with Crippen molar-refractivity contribution in [2.75, 3.05) is 31.1 Å². The first-order valence-electron chi connectivity index (χ1n) is 11.7. The minimum atomic E-state index is -1.42. The molecule has 13 heteroatoms. The highest BCUT2D eigenvalue weighted by molar-refractivity contribution is 6.33. The van der Waals surface area contributed by atoms with Gasteiger partial charge in [-0.3, -0.25) is 9.36 Å². The third-order valence-electron chi connectivity index (χ3n) is 6.24. The number of fused-ring (bicyclic) bond motifs is 1. The number of carbonyl (C=O) groups is 2. The number of aliphatic carboxylic acids is 1. The number of anilines is 1. The molecule has 2 aromatic carbocycles. The van der Waals surface area contributed by atoms with Gasteiger partial charge in [-0.1, -0.05) is 35.3 Å². The molecule has 1 aliphatic rings.